The SMILES string of the molecule is CCOC(OOC(C)(C)C)C(=O)O. The molecule has 0 saturated heterocycles. The second-order valence-corrected chi connectivity index (χ2v) is 3.42. The highest BCUT2D eigenvalue weighted by Gasteiger charge is 2.22. The van der Waals surface area contributed by atoms with Crippen molar-refractivity contribution in [3.8, 4) is 0 Å². The highest BCUT2D eigenvalue weighted by Crippen LogP contribution is 2.09. The molecular formula is C8H16O5. The van der Waals surface area contributed by atoms with Crippen LogP contribution in [0.5, 0.6) is 0 Å². The van der Waals surface area contributed by atoms with Crippen molar-refractivity contribution < 1.29 is 24.4 Å². The van der Waals surface area contributed by atoms with Gasteiger partial charge in [0.05, 0.1) is 5.60 Å². The van der Waals surface area contributed by atoms with Crippen LogP contribution in [0.3, 0.4) is 0 Å². The molecule has 0 bridgehead atoms. The Morgan fingerprint density at radius 1 is 1.46 bits per heavy atom. The molecule has 0 aliphatic heterocycles. The van der Waals surface area contributed by atoms with E-state index in [0.717, 1.165) is 0 Å². The molecule has 13 heavy (non-hydrogen) atoms. The fourth-order valence-electron chi connectivity index (χ4n) is 0.480. The summed E-state index contributed by atoms with van der Waals surface area (Å²) in [7, 11) is 0. The molecule has 0 heterocycles. The number of ether oxygens (including phenoxy) is 1. The maximum absolute atomic E-state index is 10.5. The third-order valence-electron chi connectivity index (χ3n) is 0.905. The lowest BCUT2D eigenvalue weighted by molar-refractivity contribution is -0.406. The third-order valence-corrected chi connectivity index (χ3v) is 0.905. The third kappa shape index (κ3) is 6.51. The molecule has 0 aromatic heterocycles. The van der Waals surface area contributed by atoms with Gasteiger partial charge in [0.2, 0.25) is 0 Å². The van der Waals surface area contributed by atoms with Crippen LogP contribution in [0.1, 0.15) is 27.7 Å². The van der Waals surface area contributed by atoms with E-state index < -0.39 is 17.9 Å². The average Bonchev–Trinajstić information content (AvgIpc) is 1.95. The molecule has 1 atom stereocenters. The first-order valence-electron chi connectivity index (χ1n) is 4.05. The van der Waals surface area contributed by atoms with Gasteiger partial charge in [-0.3, -0.25) is 0 Å². The summed E-state index contributed by atoms with van der Waals surface area (Å²) in [6.45, 7) is 7.18. The van der Waals surface area contributed by atoms with Crippen molar-refractivity contribution in [2.24, 2.45) is 0 Å². The van der Waals surface area contributed by atoms with Gasteiger partial charge in [0.15, 0.2) is 0 Å². The van der Waals surface area contributed by atoms with E-state index in [9.17, 15) is 4.79 Å². The highest BCUT2D eigenvalue weighted by atomic mass is 17.2. The number of rotatable bonds is 5. The molecule has 0 aliphatic rings. The first-order valence-corrected chi connectivity index (χ1v) is 4.05. The van der Waals surface area contributed by atoms with Crippen LogP contribution < -0.4 is 0 Å². The van der Waals surface area contributed by atoms with Gasteiger partial charge in [-0.1, -0.05) is 0 Å². The van der Waals surface area contributed by atoms with Crippen molar-refractivity contribution >= 4 is 5.97 Å². The van der Waals surface area contributed by atoms with Crippen molar-refractivity contribution in [2.75, 3.05) is 6.61 Å². The van der Waals surface area contributed by atoms with Gasteiger partial charge in [0.25, 0.3) is 6.29 Å². The van der Waals surface area contributed by atoms with Crippen LogP contribution in [-0.4, -0.2) is 29.6 Å². The van der Waals surface area contributed by atoms with E-state index in [-0.39, 0.29) is 6.61 Å². The molecule has 0 aromatic carbocycles. The van der Waals surface area contributed by atoms with Crippen molar-refractivity contribution in [1.82, 2.24) is 0 Å². The molecule has 0 aromatic rings. The van der Waals surface area contributed by atoms with Crippen LogP contribution in [0.4, 0.5) is 0 Å². The quantitative estimate of drug-likeness (QED) is 0.402. The van der Waals surface area contributed by atoms with Crippen LogP contribution in [0.25, 0.3) is 0 Å². The van der Waals surface area contributed by atoms with Crippen LogP contribution in [0.15, 0.2) is 0 Å². The zero-order chi connectivity index (χ0) is 10.5. The van der Waals surface area contributed by atoms with Crippen LogP contribution in [0.2, 0.25) is 0 Å². The molecule has 0 saturated carbocycles. The second kappa shape index (κ2) is 5.16. The van der Waals surface area contributed by atoms with Gasteiger partial charge in [0, 0.05) is 6.61 Å². The molecule has 0 spiro atoms. The lowest BCUT2D eigenvalue weighted by Gasteiger charge is -2.20. The van der Waals surface area contributed by atoms with Gasteiger partial charge in [-0.2, -0.15) is 4.89 Å². The molecule has 1 N–H and O–H groups in total. The van der Waals surface area contributed by atoms with Gasteiger partial charge in [0.1, 0.15) is 0 Å². The molecule has 0 fully saturated rings. The molecule has 5 heteroatoms. The van der Waals surface area contributed by atoms with E-state index in [1.54, 1.807) is 27.7 Å². The Morgan fingerprint density at radius 3 is 2.31 bits per heavy atom. The van der Waals surface area contributed by atoms with Crippen molar-refractivity contribution in [3.05, 3.63) is 0 Å². The van der Waals surface area contributed by atoms with E-state index in [0.29, 0.717) is 0 Å². The van der Waals surface area contributed by atoms with E-state index in [1.807, 2.05) is 0 Å². The maximum Gasteiger partial charge on any atom is 0.364 e. The van der Waals surface area contributed by atoms with Crippen LogP contribution >= 0.6 is 0 Å². The zero-order valence-electron chi connectivity index (χ0n) is 8.36. The average molecular weight is 192 g/mol. The monoisotopic (exact) mass is 192 g/mol. The molecule has 0 radical (unpaired) electrons. The highest BCUT2D eigenvalue weighted by molar-refractivity contribution is 5.70. The standard InChI is InChI=1S/C8H16O5/c1-5-11-7(6(9)10)12-13-8(2,3)4/h7H,5H2,1-4H3,(H,9,10). The lowest BCUT2D eigenvalue weighted by atomic mass is 10.2. The van der Waals surface area contributed by atoms with E-state index >= 15 is 0 Å². The fraction of sp³-hybridized carbons (Fsp3) is 0.875. The predicted molar refractivity (Wildman–Crippen MR) is 45.0 cm³/mol. The Hall–Kier alpha value is -0.650. The first kappa shape index (κ1) is 12.3. The van der Waals surface area contributed by atoms with Crippen molar-refractivity contribution in [3.63, 3.8) is 0 Å². The smallest absolute Gasteiger partial charge is 0.364 e. The second-order valence-electron chi connectivity index (χ2n) is 3.42. The summed E-state index contributed by atoms with van der Waals surface area (Å²) < 4.78 is 4.75. The minimum absolute atomic E-state index is 0.254. The minimum atomic E-state index is -1.36. The summed E-state index contributed by atoms with van der Waals surface area (Å²) in [4.78, 5) is 19.9. The number of carboxylic acid groups (broad SMARTS) is 1. The Balaban J connectivity index is 3.90. The Bertz CT molecular complexity index is 160. The van der Waals surface area contributed by atoms with Crippen LogP contribution in [-0.2, 0) is 19.3 Å². The Kier molecular flexibility index (Phi) is 4.90. The van der Waals surface area contributed by atoms with E-state index in [4.69, 9.17) is 14.7 Å². The van der Waals surface area contributed by atoms with E-state index in [2.05, 4.69) is 4.89 Å². The predicted octanol–water partition coefficient (Wildman–Crippen LogP) is 1.18. The molecule has 0 rings (SSSR count). The Labute approximate surface area is 77.5 Å². The lowest BCUT2D eigenvalue weighted by Crippen LogP contribution is -2.31. The summed E-state index contributed by atoms with van der Waals surface area (Å²) >= 11 is 0. The number of hydrogen-bond acceptors (Lipinski definition) is 4. The first-order chi connectivity index (χ1) is 5.87. The fourth-order valence-corrected chi connectivity index (χ4v) is 0.480. The number of carbonyl (C=O) groups is 1. The van der Waals surface area contributed by atoms with Crippen molar-refractivity contribution in [1.29, 1.82) is 0 Å². The zero-order valence-corrected chi connectivity index (χ0v) is 8.36. The van der Waals surface area contributed by atoms with Gasteiger partial charge < -0.3 is 9.84 Å². The maximum atomic E-state index is 10.5. The summed E-state index contributed by atoms with van der Waals surface area (Å²) in [5, 5.41) is 8.57. The van der Waals surface area contributed by atoms with Gasteiger partial charge in [-0.15, -0.1) is 0 Å². The summed E-state index contributed by atoms with van der Waals surface area (Å²) in [6, 6.07) is 0. The van der Waals surface area contributed by atoms with Gasteiger partial charge >= 0.3 is 5.97 Å². The summed E-state index contributed by atoms with van der Waals surface area (Å²) in [5.41, 5.74) is -0.551. The van der Waals surface area contributed by atoms with Gasteiger partial charge in [-0.05, 0) is 27.7 Å². The molecule has 0 amide bonds. The largest absolute Gasteiger partial charge is 0.477 e. The molecular weight excluding hydrogens is 176 g/mol. The Morgan fingerprint density at radius 2 is 2.00 bits per heavy atom. The minimum Gasteiger partial charge on any atom is -0.477 e. The summed E-state index contributed by atoms with van der Waals surface area (Å²) in [6.07, 6.45) is -1.36. The topological polar surface area (TPSA) is 65.0 Å². The molecule has 0 aliphatic carbocycles. The normalized spacial score (nSPS) is 14.2. The van der Waals surface area contributed by atoms with Crippen LogP contribution in [0, 0.1) is 0 Å². The number of hydrogen-bond donors (Lipinski definition) is 1. The van der Waals surface area contributed by atoms with Gasteiger partial charge in [-0.25, -0.2) is 9.68 Å². The summed E-state index contributed by atoms with van der Waals surface area (Å²) in [5.74, 6) is -1.20. The van der Waals surface area contributed by atoms with E-state index in [1.165, 1.54) is 0 Å². The molecule has 5 nitrogen and oxygen atoms in total. The molecule has 1 unspecified atom stereocenters. The van der Waals surface area contributed by atoms with Crippen molar-refractivity contribution in [2.45, 2.75) is 39.6 Å². The number of aliphatic carboxylic acids is 1. The molecule has 78 valence electrons. The number of carboxylic acids is 1.